The summed E-state index contributed by atoms with van der Waals surface area (Å²) >= 11 is 0. The maximum absolute atomic E-state index is 12.4. The third kappa shape index (κ3) is 3.30. The summed E-state index contributed by atoms with van der Waals surface area (Å²) in [4.78, 5) is 37.2. The van der Waals surface area contributed by atoms with E-state index in [2.05, 4.69) is 5.32 Å². The fourth-order valence-corrected chi connectivity index (χ4v) is 3.18. The molecule has 1 fully saturated rings. The first-order chi connectivity index (χ1) is 11.4. The van der Waals surface area contributed by atoms with Gasteiger partial charge in [-0.1, -0.05) is 24.3 Å². The molecule has 5 nitrogen and oxygen atoms in total. The van der Waals surface area contributed by atoms with E-state index in [0.717, 1.165) is 16.8 Å². The van der Waals surface area contributed by atoms with Gasteiger partial charge in [-0.25, -0.2) is 0 Å². The lowest BCUT2D eigenvalue weighted by Crippen LogP contribution is -2.38. The Hall–Kier alpha value is -2.69. The van der Waals surface area contributed by atoms with Crippen LogP contribution in [0.25, 0.3) is 0 Å². The highest BCUT2D eigenvalue weighted by atomic mass is 16.2. The van der Waals surface area contributed by atoms with Crippen molar-refractivity contribution in [3.8, 4) is 0 Å². The van der Waals surface area contributed by atoms with E-state index >= 15 is 0 Å². The largest absolute Gasteiger partial charge is 0.322 e. The lowest BCUT2D eigenvalue weighted by Gasteiger charge is -2.24. The van der Waals surface area contributed by atoms with E-state index in [0.29, 0.717) is 12.0 Å². The fourth-order valence-electron chi connectivity index (χ4n) is 3.18. The Morgan fingerprint density at radius 2 is 1.71 bits per heavy atom. The van der Waals surface area contributed by atoms with Crippen molar-refractivity contribution in [3.63, 3.8) is 0 Å². The maximum Gasteiger partial charge on any atom is 0.255 e. The van der Waals surface area contributed by atoms with Crippen LogP contribution in [0.3, 0.4) is 0 Å². The van der Waals surface area contributed by atoms with Gasteiger partial charge in [-0.3, -0.25) is 19.3 Å². The smallest absolute Gasteiger partial charge is 0.255 e. The molecule has 1 heterocycles. The number of nitrogens with zero attached hydrogens (tertiary/aromatic N) is 1. The van der Waals surface area contributed by atoms with Crippen LogP contribution < -0.4 is 5.32 Å². The minimum atomic E-state index is -0.273. The zero-order valence-electron chi connectivity index (χ0n) is 13.8. The zero-order chi connectivity index (χ0) is 17.3. The monoisotopic (exact) mass is 324 g/mol. The molecule has 1 atom stereocenters. The van der Waals surface area contributed by atoms with E-state index in [1.807, 2.05) is 32.0 Å². The van der Waals surface area contributed by atoms with Gasteiger partial charge in [0.05, 0.1) is 6.04 Å². The van der Waals surface area contributed by atoms with Gasteiger partial charge in [0.2, 0.25) is 11.8 Å². The van der Waals surface area contributed by atoms with Crippen molar-refractivity contribution in [3.05, 3.63) is 53.1 Å². The van der Waals surface area contributed by atoms with Crippen molar-refractivity contribution in [2.45, 2.75) is 39.2 Å². The van der Waals surface area contributed by atoms with Crippen molar-refractivity contribution < 1.29 is 14.4 Å². The van der Waals surface area contributed by atoms with Gasteiger partial charge in [-0.15, -0.1) is 0 Å². The highest BCUT2D eigenvalue weighted by Gasteiger charge is 2.34. The van der Waals surface area contributed by atoms with Crippen LogP contribution in [0, 0.1) is 13.8 Å². The molecule has 1 saturated heterocycles. The molecule has 1 N–H and O–H groups in total. The van der Waals surface area contributed by atoms with E-state index in [4.69, 9.17) is 0 Å². The Morgan fingerprint density at radius 1 is 1.08 bits per heavy atom. The van der Waals surface area contributed by atoms with Crippen molar-refractivity contribution in [2.75, 3.05) is 5.32 Å². The summed E-state index contributed by atoms with van der Waals surface area (Å²) < 4.78 is 0. The number of carbonyl (C=O) groups excluding carboxylic acids is 3. The minimum Gasteiger partial charge on any atom is -0.322 e. The van der Waals surface area contributed by atoms with Crippen LogP contribution in [0.15, 0.2) is 42.0 Å². The lowest BCUT2D eigenvalue weighted by molar-refractivity contribution is -0.139. The topological polar surface area (TPSA) is 66.5 Å². The first kappa shape index (κ1) is 16.2. The molecule has 124 valence electrons. The van der Waals surface area contributed by atoms with Crippen LogP contribution in [0.4, 0.5) is 5.69 Å². The number of nitrogens with one attached hydrogen (secondary N) is 1. The summed E-state index contributed by atoms with van der Waals surface area (Å²) in [6, 6.07) is 5.61. The number of hydrogen-bond donors (Lipinski definition) is 1. The Labute approximate surface area is 141 Å². The van der Waals surface area contributed by atoms with Gasteiger partial charge in [0.25, 0.3) is 5.91 Å². The quantitative estimate of drug-likeness (QED) is 0.869. The zero-order valence-corrected chi connectivity index (χ0v) is 13.8. The molecular formula is C19H20N2O3. The first-order valence-electron chi connectivity index (χ1n) is 8.07. The number of rotatable bonds is 3. The number of aryl methyl sites for hydroxylation is 2. The number of hydrogen-bond acceptors (Lipinski definition) is 3. The average molecular weight is 324 g/mol. The molecule has 0 spiro atoms. The highest BCUT2D eigenvalue weighted by molar-refractivity contribution is 6.06. The van der Waals surface area contributed by atoms with Gasteiger partial charge >= 0.3 is 0 Å². The Kier molecular flexibility index (Phi) is 4.34. The number of imide groups is 1. The SMILES string of the molecule is Cc1cc(C)cc(NC(=O)C2=CCC(N3C(=O)CCC3=O)C=C2)c1. The van der Waals surface area contributed by atoms with Crippen molar-refractivity contribution in [1.82, 2.24) is 4.90 Å². The molecule has 1 aromatic rings. The molecule has 3 rings (SSSR count). The molecule has 1 aliphatic heterocycles. The van der Waals surface area contributed by atoms with Crippen LogP contribution in [0.1, 0.15) is 30.4 Å². The van der Waals surface area contributed by atoms with Crippen molar-refractivity contribution in [1.29, 1.82) is 0 Å². The van der Waals surface area contributed by atoms with E-state index in [9.17, 15) is 14.4 Å². The highest BCUT2D eigenvalue weighted by Crippen LogP contribution is 2.23. The van der Waals surface area contributed by atoms with E-state index in [1.54, 1.807) is 18.2 Å². The Balaban J connectivity index is 1.67. The average Bonchev–Trinajstić information content (AvgIpc) is 2.85. The van der Waals surface area contributed by atoms with Gasteiger partial charge < -0.3 is 5.32 Å². The van der Waals surface area contributed by atoms with E-state index in [-0.39, 0.29) is 36.6 Å². The molecule has 3 amide bonds. The summed E-state index contributed by atoms with van der Waals surface area (Å²) in [5.74, 6) is -0.453. The molecular weight excluding hydrogens is 304 g/mol. The van der Waals surface area contributed by atoms with Gasteiger partial charge in [-0.05, 0) is 43.5 Å². The summed E-state index contributed by atoms with van der Waals surface area (Å²) in [7, 11) is 0. The van der Waals surface area contributed by atoms with Crippen LogP contribution in [0.5, 0.6) is 0 Å². The number of amides is 3. The molecule has 5 heteroatoms. The molecule has 0 radical (unpaired) electrons. The third-order valence-corrected chi connectivity index (χ3v) is 4.24. The molecule has 24 heavy (non-hydrogen) atoms. The summed E-state index contributed by atoms with van der Waals surface area (Å²) in [5, 5.41) is 2.89. The van der Waals surface area contributed by atoms with Gasteiger partial charge in [0.15, 0.2) is 0 Å². The number of likely N-dealkylation sites (tertiary alicyclic amines) is 1. The summed E-state index contributed by atoms with van der Waals surface area (Å²) in [5.41, 5.74) is 3.48. The Morgan fingerprint density at radius 3 is 2.25 bits per heavy atom. The molecule has 1 aliphatic carbocycles. The van der Waals surface area contributed by atoms with Gasteiger partial charge in [-0.2, -0.15) is 0 Å². The molecule has 1 aromatic carbocycles. The minimum absolute atomic E-state index is 0.133. The van der Waals surface area contributed by atoms with Crippen LogP contribution in [-0.4, -0.2) is 28.7 Å². The van der Waals surface area contributed by atoms with Gasteiger partial charge in [0, 0.05) is 24.1 Å². The second-order valence-corrected chi connectivity index (χ2v) is 6.31. The van der Waals surface area contributed by atoms with E-state index in [1.165, 1.54) is 4.90 Å². The predicted molar refractivity (Wildman–Crippen MR) is 91.3 cm³/mol. The Bertz CT molecular complexity index is 741. The normalized spacial score (nSPS) is 20.3. The maximum atomic E-state index is 12.4. The first-order valence-corrected chi connectivity index (χ1v) is 8.07. The summed E-state index contributed by atoms with van der Waals surface area (Å²) in [6.45, 7) is 3.97. The number of anilines is 1. The molecule has 0 bridgehead atoms. The number of benzene rings is 1. The van der Waals surface area contributed by atoms with E-state index < -0.39 is 0 Å². The third-order valence-electron chi connectivity index (χ3n) is 4.24. The fraction of sp³-hybridized carbons (Fsp3) is 0.316. The van der Waals surface area contributed by atoms with Crippen molar-refractivity contribution >= 4 is 23.4 Å². The van der Waals surface area contributed by atoms with Gasteiger partial charge in [0.1, 0.15) is 0 Å². The van der Waals surface area contributed by atoms with Crippen LogP contribution >= 0.6 is 0 Å². The van der Waals surface area contributed by atoms with Crippen LogP contribution in [0.2, 0.25) is 0 Å². The predicted octanol–water partition coefficient (Wildman–Crippen LogP) is 2.65. The lowest BCUT2D eigenvalue weighted by atomic mass is 10.0. The number of carbonyl (C=O) groups is 3. The van der Waals surface area contributed by atoms with Crippen LogP contribution in [-0.2, 0) is 14.4 Å². The second-order valence-electron chi connectivity index (χ2n) is 6.31. The standard InChI is InChI=1S/C19H20N2O3/c1-12-9-13(2)11-15(10-12)20-19(24)14-3-5-16(6-4-14)21-17(22)7-8-18(21)23/h3-5,9-11,16H,6-8H2,1-2H3,(H,20,24). The molecule has 0 saturated carbocycles. The summed E-state index contributed by atoms with van der Waals surface area (Å²) in [6.07, 6.45) is 6.27. The molecule has 0 aromatic heterocycles. The molecule has 2 aliphatic rings. The molecule has 1 unspecified atom stereocenters. The van der Waals surface area contributed by atoms with Crippen molar-refractivity contribution in [2.24, 2.45) is 0 Å². The second kappa shape index (κ2) is 6.43.